The van der Waals surface area contributed by atoms with Crippen molar-refractivity contribution in [1.29, 1.82) is 0 Å². The highest BCUT2D eigenvalue weighted by Crippen LogP contribution is 2.28. The second-order valence-electron chi connectivity index (χ2n) is 7.91. The van der Waals surface area contributed by atoms with Crippen molar-refractivity contribution in [2.75, 3.05) is 23.9 Å². The van der Waals surface area contributed by atoms with Crippen molar-refractivity contribution in [3.8, 4) is 0 Å². The Labute approximate surface area is 187 Å². The Kier molecular flexibility index (Phi) is 6.09. The van der Waals surface area contributed by atoms with E-state index in [1.807, 2.05) is 42.5 Å². The lowest BCUT2D eigenvalue weighted by Gasteiger charge is -2.30. The number of aromatic nitrogens is 2. The van der Waals surface area contributed by atoms with E-state index < -0.39 is 0 Å². The van der Waals surface area contributed by atoms with Gasteiger partial charge in [-0.25, -0.2) is 9.78 Å². The molecule has 7 heteroatoms. The minimum Gasteiger partial charge on any atom is -0.465 e. The van der Waals surface area contributed by atoms with Gasteiger partial charge in [-0.3, -0.25) is 0 Å². The van der Waals surface area contributed by atoms with Gasteiger partial charge in [0.15, 0.2) is 0 Å². The molecule has 2 aromatic carbocycles. The summed E-state index contributed by atoms with van der Waals surface area (Å²) in [6.45, 7) is 5.77. The number of methoxy groups -OCH3 is 1. The van der Waals surface area contributed by atoms with Crippen molar-refractivity contribution in [2.24, 2.45) is 0 Å². The van der Waals surface area contributed by atoms with Gasteiger partial charge in [-0.15, -0.1) is 0 Å². The molecule has 0 atom stereocenters. The topological polar surface area (TPSA) is 67.3 Å². The van der Waals surface area contributed by atoms with E-state index >= 15 is 0 Å². The van der Waals surface area contributed by atoms with E-state index in [0.29, 0.717) is 16.5 Å². The summed E-state index contributed by atoms with van der Waals surface area (Å²) in [4.78, 5) is 23.6. The summed E-state index contributed by atoms with van der Waals surface area (Å²) in [6, 6.07) is 15.3. The molecule has 0 saturated carbocycles. The molecule has 1 aliphatic rings. The third-order valence-electron chi connectivity index (χ3n) is 5.37. The van der Waals surface area contributed by atoms with Crippen LogP contribution in [0.25, 0.3) is 0 Å². The fourth-order valence-electron chi connectivity index (χ4n) is 3.65. The number of rotatable bonds is 5. The zero-order valence-corrected chi connectivity index (χ0v) is 18.6. The number of carbonyl (C=O) groups excluding carboxylic acids is 1. The second kappa shape index (κ2) is 8.94. The Bertz CT molecular complexity index is 1120. The van der Waals surface area contributed by atoms with E-state index in [1.165, 1.54) is 18.2 Å². The van der Waals surface area contributed by atoms with Crippen molar-refractivity contribution in [3.63, 3.8) is 0 Å². The molecule has 160 valence electrons. The van der Waals surface area contributed by atoms with Crippen LogP contribution in [0.3, 0.4) is 0 Å². The average molecular weight is 437 g/mol. The molecular formula is C24H25ClN4O2. The Hall–Kier alpha value is -3.12. The zero-order chi connectivity index (χ0) is 22.0. The average Bonchev–Trinajstić information content (AvgIpc) is 2.77. The first-order valence-corrected chi connectivity index (χ1v) is 10.7. The maximum atomic E-state index is 11.8. The normalized spacial score (nSPS) is 13.1. The first-order chi connectivity index (χ1) is 14.9. The molecule has 31 heavy (non-hydrogen) atoms. The number of esters is 1. The highest BCUT2D eigenvalue weighted by Gasteiger charge is 2.21. The fourth-order valence-corrected chi connectivity index (χ4v) is 3.85. The van der Waals surface area contributed by atoms with Gasteiger partial charge in [-0.1, -0.05) is 37.6 Å². The number of hydrogen-bond donors (Lipinski definition) is 1. The molecule has 6 nitrogen and oxygen atoms in total. The minimum atomic E-state index is -0.306. The number of halogens is 1. The molecule has 1 aliphatic heterocycles. The number of hydrogen-bond acceptors (Lipinski definition) is 6. The van der Waals surface area contributed by atoms with Gasteiger partial charge < -0.3 is 15.0 Å². The first kappa shape index (κ1) is 21.1. The molecular weight excluding hydrogens is 412 g/mol. The SMILES string of the molecule is COC(=O)c1ccc2c(c1)CCN(c1cc(C(C)C)nc(Nc3cccc(Cl)c3)n1)C2. The first-order valence-electron chi connectivity index (χ1n) is 10.3. The molecule has 3 aromatic rings. The predicted octanol–water partition coefficient (Wildman–Crippen LogP) is 5.35. The largest absolute Gasteiger partial charge is 0.465 e. The number of anilines is 3. The number of nitrogens with one attached hydrogen (secondary N) is 1. The van der Waals surface area contributed by atoms with Crippen LogP contribution in [0.4, 0.5) is 17.5 Å². The molecule has 0 spiro atoms. The third-order valence-corrected chi connectivity index (χ3v) is 5.60. The van der Waals surface area contributed by atoms with Crippen LogP contribution in [0.15, 0.2) is 48.5 Å². The van der Waals surface area contributed by atoms with Crippen LogP contribution in [-0.4, -0.2) is 29.6 Å². The van der Waals surface area contributed by atoms with Gasteiger partial charge in [-0.05, 0) is 53.8 Å². The van der Waals surface area contributed by atoms with Crippen molar-refractivity contribution >= 4 is 35.0 Å². The molecule has 0 fully saturated rings. The van der Waals surface area contributed by atoms with E-state index in [1.54, 1.807) is 0 Å². The van der Waals surface area contributed by atoms with Gasteiger partial charge in [0, 0.05) is 29.9 Å². The van der Waals surface area contributed by atoms with Gasteiger partial charge in [0.05, 0.1) is 18.4 Å². The molecule has 0 bridgehead atoms. The van der Waals surface area contributed by atoms with E-state index in [0.717, 1.165) is 36.7 Å². The summed E-state index contributed by atoms with van der Waals surface area (Å²) in [7, 11) is 1.40. The van der Waals surface area contributed by atoms with E-state index in [-0.39, 0.29) is 11.9 Å². The van der Waals surface area contributed by atoms with Crippen molar-refractivity contribution < 1.29 is 9.53 Å². The second-order valence-corrected chi connectivity index (χ2v) is 8.35. The van der Waals surface area contributed by atoms with Crippen molar-refractivity contribution in [3.05, 3.63) is 75.9 Å². The number of ether oxygens (including phenoxy) is 1. The van der Waals surface area contributed by atoms with Crippen LogP contribution < -0.4 is 10.2 Å². The monoisotopic (exact) mass is 436 g/mol. The highest BCUT2D eigenvalue weighted by atomic mass is 35.5. The molecule has 0 aliphatic carbocycles. The fraction of sp³-hybridized carbons (Fsp3) is 0.292. The maximum absolute atomic E-state index is 11.8. The van der Waals surface area contributed by atoms with Crippen molar-refractivity contribution in [2.45, 2.75) is 32.7 Å². The number of carbonyl (C=O) groups is 1. The van der Waals surface area contributed by atoms with E-state index in [9.17, 15) is 4.79 Å². The van der Waals surface area contributed by atoms with E-state index in [4.69, 9.17) is 26.3 Å². The van der Waals surface area contributed by atoms with Gasteiger partial charge in [0.1, 0.15) is 5.82 Å². The van der Waals surface area contributed by atoms with Crippen LogP contribution in [0.1, 0.15) is 46.9 Å². The summed E-state index contributed by atoms with van der Waals surface area (Å²) < 4.78 is 4.84. The van der Waals surface area contributed by atoms with Gasteiger partial charge >= 0.3 is 5.97 Å². The van der Waals surface area contributed by atoms with E-state index in [2.05, 4.69) is 30.1 Å². The molecule has 0 radical (unpaired) electrons. The number of benzene rings is 2. The molecule has 0 unspecified atom stereocenters. The van der Waals surface area contributed by atoms with Crippen molar-refractivity contribution in [1.82, 2.24) is 9.97 Å². The third kappa shape index (κ3) is 4.80. The van der Waals surface area contributed by atoms with Crippen LogP contribution in [0.2, 0.25) is 5.02 Å². The summed E-state index contributed by atoms with van der Waals surface area (Å²) in [5, 5.41) is 3.94. The van der Waals surface area contributed by atoms with Crippen LogP contribution in [0, 0.1) is 0 Å². The molecule has 2 heterocycles. The van der Waals surface area contributed by atoms with Crippen LogP contribution >= 0.6 is 11.6 Å². The maximum Gasteiger partial charge on any atom is 0.337 e. The highest BCUT2D eigenvalue weighted by molar-refractivity contribution is 6.30. The van der Waals surface area contributed by atoms with Gasteiger partial charge in [0.25, 0.3) is 0 Å². The summed E-state index contributed by atoms with van der Waals surface area (Å²) >= 11 is 6.12. The molecule has 4 rings (SSSR count). The molecule has 1 aromatic heterocycles. The molecule has 0 amide bonds. The van der Waals surface area contributed by atoms with Gasteiger partial charge in [-0.2, -0.15) is 4.98 Å². The lowest BCUT2D eigenvalue weighted by atomic mass is 9.97. The molecule has 0 saturated heterocycles. The quantitative estimate of drug-likeness (QED) is 0.544. The number of fused-ring (bicyclic) bond motifs is 1. The van der Waals surface area contributed by atoms with Gasteiger partial charge in [0.2, 0.25) is 5.95 Å². The zero-order valence-electron chi connectivity index (χ0n) is 17.9. The Morgan fingerprint density at radius 3 is 2.71 bits per heavy atom. The van der Waals surface area contributed by atoms with Crippen LogP contribution in [0.5, 0.6) is 0 Å². The minimum absolute atomic E-state index is 0.265. The Morgan fingerprint density at radius 2 is 1.97 bits per heavy atom. The standard InChI is InChI=1S/C24H25ClN4O2/c1-15(2)21-13-22(28-24(27-21)26-20-6-4-5-19(25)12-20)29-10-9-16-11-17(23(30)31-3)7-8-18(16)14-29/h4-8,11-13,15H,9-10,14H2,1-3H3,(H,26,27,28). The molecule has 1 N–H and O–H groups in total. The Morgan fingerprint density at radius 1 is 1.13 bits per heavy atom. The number of nitrogens with zero attached hydrogens (tertiary/aromatic N) is 3. The smallest absolute Gasteiger partial charge is 0.337 e. The lowest BCUT2D eigenvalue weighted by Crippen LogP contribution is -2.31. The predicted molar refractivity (Wildman–Crippen MR) is 123 cm³/mol. The Balaban J connectivity index is 1.61. The van der Waals surface area contributed by atoms with Crippen LogP contribution in [-0.2, 0) is 17.7 Å². The summed E-state index contributed by atoms with van der Waals surface area (Å²) in [5.41, 5.74) is 4.77. The lowest BCUT2D eigenvalue weighted by molar-refractivity contribution is 0.0600. The summed E-state index contributed by atoms with van der Waals surface area (Å²) in [6.07, 6.45) is 0.832. The summed E-state index contributed by atoms with van der Waals surface area (Å²) in [5.74, 6) is 1.39.